The molecule has 0 amide bonds. The highest BCUT2D eigenvalue weighted by Gasteiger charge is 2.43. The summed E-state index contributed by atoms with van der Waals surface area (Å²) >= 11 is 6.15. The number of allylic oxidation sites excluding steroid dienone is 1. The Labute approximate surface area is 157 Å². The number of rotatable bonds is 5. The van der Waals surface area contributed by atoms with Gasteiger partial charge in [0.1, 0.15) is 13.2 Å². The summed E-state index contributed by atoms with van der Waals surface area (Å²) in [7, 11) is 3.34. The van der Waals surface area contributed by atoms with Gasteiger partial charge in [0.15, 0.2) is 0 Å². The predicted octanol–water partition coefficient (Wildman–Crippen LogP) is 2.64. The van der Waals surface area contributed by atoms with Gasteiger partial charge in [-0.2, -0.15) is 0 Å². The molecule has 0 N–H and O–H groups in total. The number of likely N-dealkylation sites (N-methyl/N-ethyl adjacent to an activating group) is 1. The van der Waals surface area contributed by atoms with E-state index in [9.17, 15) is 9.59 Å². The zero-order valence-corrected chi connectivity index (χ0v) is 15.6. The van der Waals surface area contributed by atoms with Gasteiger partial charge in [-0.15, -0.1) is 0 Å². The van der Waals surface area contributed by atoms with Crippen LogP contribution >= 0.6 is 11.6 Å². The van der Waals surface area contributed by atoms with Crippen molar-refractivity contribution in [3.63, 3.8) is 0 Å². The van der Waals surface area contributed by atoms with Gasteiger partial charge in [0, 0.05) is 24.9 Å². The van der Waals surface area contributed by atoms with Crippen molar-refractivity contribution in [1.82, 2.24) is 4.90 Å². The van der Waals surface area contributed by atoms with Crippen LogP contribution in [0.4, 0.5) is 0 Å². The van der Waals surface area contributed by atoms with Crippen molar-refractivity contribution in [3.8, 4) is 0 Å². The van der Waals surface area contributed by atoms with Gasteiger partial charge in [-0.3, -0.25) is 0 Å². The quantitative estimate of drug-likeness (QED) is 0.580. The van der Waals surface area contributed by atoms with E-state index in [-0.39, 0.29) is 13.2 Å². The lowest BCUT2D eigenvalue weighted by molar-refractivity contribution is -0.140. The van der Waals surface area contributed by atoms with E-state index in [2.05, 4.69) is 0 Å². The minimum atomic E-state index is -0.579. The smallest absolute Gasteiger partial charge is 0.337 e. The first-order valence-electron chi connectivity index (χ1n) is 8.22. The molecule has 1 aromatic rings. The highest BCUT2D eigenvalue weighted by atomic mass is 35.5. The summed E-state index contributed by atoms with van der Waals surface area (Å²) in [5.41, 5.74) is 3.08. The lowest BCUT2D eigenvalue weighted by atomic mass is 9.80. The second-order valence-electron chi connectivity index (χ2n) is 6.11. The Morgan fingerprint density at radius 2 is 2.15 bits per heavy atom. The third-order valence-electron chi connectivity index (χ3n) is 4.67. The summed E-state index contributed by atoms with van der Waals surface area (Å²) in [5.74, 6) is -1.49. The first-order chi connectivity index (χ1) is 12.5. The molecule has 0 spiro atoms. The van der Waals surface area contributed by atoms with Crippen molar-refractivity contribution in [2.24, 2.45) is 0 Å². The number of carbonyl (C=O) groups is 2. The largest absolute Gasteiger partial charge is 0.460 e. The molecule has 1 atom stereocenters. The SMILES string of the molecule is COCCOC(=O)C1=C(C)N(C)C2=C(C(=O)OC2)C1c1cccc(Cl)c1. The topological polar surface area (TPSA) is 65.1 Å². The Hall–Kier alpha value is -2.31. The van der Waals surface area contributed by atoms with Gasteiger partial charge in [0.2, 0.25) is 0 Å². The van der Waals surface area contributed by atoms with Gasteiger partial charge in [-0.25, -0.2) is 9.59 Å². The van der Waals surface area contributed by atoms with Crippen molar-refractivity contribution < 1.29 is 23.8 Å². The number of methoxy groups -OCH3 is 1. The lowest BCUT2D eigenvalue weighted by Gasteiger charge is -2.33. The zero-order valence-electron chi connectivity index (χ0n) is 14.9. The van der Waals surface area contributed by atoms with E-state index in [0.717, 1.165) is 17.0 Å². The number of esters is 2. The van der Waals surface area contributed by atoms with E-state index in [1.54, 1.807) is 18.2 Å². The van der Waals surface area contributed by atoms with Crippen LogP contribution in [0.1, 0.15) is 18.4 Å². The maximum atomic E-state index is 12.8. The van der Waals surface area contributed by atoms with Gasteiger partial charge in [-0.05, 0) is 24.6 Å². The molecule has 0 bridgehead atoms. The summed E-state index contributed by atoms with van der Waals surface area (Å²) in [6, 6.07) is 7.13. The summed E-state index contributed by atoms with van der Waals surface area (Å²) in [6.45, 7) is 2.45. The number of halogens is 1. The van der Waals surface area contributed by atoms with E-state index in [1.807, 2.05) is 24.9 Å². The molecular formula is C19H20ClNO5. The molecule has 2 aliphatic heterocycles. The van der Waals surface area contributed by atoms with Crippen LogP contribution in [-0.2, 0) is 23.8 Å². The van der Waals surface area contributed by atoms with Crippen molar-refractivity contribution >= 4 is 23.5 Å². The number of nitrogens with zero attached hydrogens (tertiary/aromatic N) is 1. The van der Waals surface area contributed by atoms with E-state index < -0.39 is 17.9 Å². The van der Waals surface area contributed by atoms with Gasteiger partial charge in [-0.1, -0.05) is 23.7 Å². The van der Waals surface area contributed by atoms with Crippen LogP contribution in [0.3, 0.4) is 0 Å². The maximum absolute atomic E-state index is 12.8. The number of ether oxygens (including phenoxy) is 3. The molecule has 1 aromatic carbocycles. The number of carbonyl (C=O) groups excluding carboxylic acids is 2. The number of benzene rings is 1. The minimum Gasteiger partial charge on any atom is -0.460 e. The van der Waals surface area contributed by atoms with Crippen LogP contribution in [0.15, 0.2) is 46.8 Å². The molecule has 0 radical (unpaired) electrons. The normalized spacial score (nSPS) is 19.6. The fourth-order valence-corrected chi connectivity index (χ4v) is 3.48. The zero-order chi connectivity index (χ0) is 18.8. The minimum absolute atomic E-state index is 0.133. The number of hydrogen-bond donors (Lipinski definition) is 0. The van der Waals surface area contributed by atoms with Crippen LogP contribution in [0.25, 0.3) is 0 Å². The van der Waals surface area contributed by atoms with Crippen molar-refractivity contribution in [3.05, 3.63) is 57.4 Å². The molecule has 0 aromatic heterocycles. The van der Waals surface area contributed by atoms with Crippen LogP contribution in [0.5, 0.6) is 0 Å². The molecule has 6 nitrogen and oxygen atoms in total. The Balaban J connectivity index is 2.09. The third-order valence-corrected chi connectivity index (χ3v) is 4.90. The lowest BCUT2D eigenvalue weighted by Crippen LogP contribution is -2.32. The molecule has 0 fully saturated rings. The highest BCUT2D eigenvalue weighted by Crippen LogP contribution is 2.44. The molecule has 0 aliphatic carbocycles. The number of hydrogen-bond acceptors (Lipinski definition) is 6. The highest BCUT2D eigenvalue weighted by molar-refractivity contribution is 6.30. The van der Waals surface area contributed by atoms with Gasteiger partial charge in [0.05, 0.1) is 29.4 Å². The molecule has 3 rings (SSSR count). The van der Waals surface area contributed by atoms with Gasteiger partial charge < -0.3 is 19.1 Å². The van der Waals surface area contributed by atoms with Gasteiger partial charge in [0.25, 0.3) is 0 Å². The Bertz CT molecular complexity index is 814. The molecule has 7 heteroatoms. The average molecular weight is 378 g/mol. The Morgan fingerprint density at radius 1 is 1.38 bits per heavy atom. The van der Waals surface area contributed by atoms with Crippen molar-refractivity contribution in [2.45, 2.75) is 12.8 Å². The monoisotopic (exact) mass is 377 g/mol. The Kier molecular flexibility index (Phi) is 5.34. The molecule has 26 heavy (non-hydrogen) atoms. The molecular weight excluding hydrogens is 358 g/mol. The average Bonchev–Trinajstić information content (AvgIpc) is 2.99. The standard InChI is InChI=1S/C19H20ClNO5/c1-11-15(18(22)25-8-7-24-3)16(12-5-4-6-13(20)9-12)17-14(21(11)2)10-26-19(17)23/h4-6,9,16H,7-8,10H2,1-3H3. The van der Waals surface area contributed by atoms with Crippen LogP contribution in [0.2, 0.25) is 5.02 Å². The molecule has 138 valence electrons. The van der Waals surface area contributed by atoms with Crippen molar-refractivity contribution in [2.75, 3.05) is 34.0 Å². The fraction of sp³-hybridized carbons (Fsp3) is 0.368. The summed E-state index contributed by atoms with van der Waals surface area (Å²) < 4.78 is 15.5. The first-order valence-corrected chi connectivity index (χ1v) is 8.59. The molecule has 2 heterocycles. The fourth-order valence-electron chi connectivity index (χ4n) is 3.29. The summed E-state index contributed by atoms with van der Waals surface area (Å²) in [6.07, 6.45) is 0. The van der Waals surface area contributed by atoms with Crippen LogP contribution in [-0.4, -0.2) is 50.8 Å². The number of cyclic esters (lactones) is 1. The second kappa shape index (κ2) is 7.51. The van der Waals surface area contributed by atoms with E-state index in [4.69, 9.17) is 25.8 Å². The van der Waals surface area contributed by atoms with Crippen LogP contribution < -0.4 is 0 Å². The second-order valence-corrected chi connectivity index (χ2v) is 6.55. The molecule has 2 aliphatic rings. The van der Waals surface area contributed by atoms with E-state index >= 15 is 0 Å². The third kappa shape index (κ3) is 3.22. The summed E-state index contributed by atoms with van der Waals surface area (Å²) in [4.78, 5) is 27.1. The van der Waals surface area contributed by atoms with Crippen LogP contribution in [0, 0.1) is 0 Å². The molecule has 0 saturated heterocycles. The first kappa shape index (κ1) is 18.5. The van der Waals surface area contributed by atoms with Gasteiger partial charge >= 0.3 is 11.9 Å². The van der Waals surface area contributed by atoms with E-state index in [0.29, 0.717) is 22.8 Å². The Morgan fingerprint density at radius 3 is 2.85 bits per heavy atom. The van der Waals surface area contributed by atoms with E-state index in [1.165, 1.54) is 7.11 Å². The maximum Gasteiger partial charge on any atom is 0.337 e. The van der Waals surface area contributed by atoms with Crippen molar-refractivity contribution in [1.29, 1.82) is 0 Å². The molecule has 1 unspecified atom stereocenters. The predicted molar refractivity (Wildman–Crippen MR) is 95.5 cm³/mol. The summed E-state index contributed by atoms with van der Waals surface area (Å²) in [5, 5.41) is 0.527. The molecule has 0 saturated carbocycles.